The third-order valence-electron chi connectivity index (χ3n) is 4.85. The van der Waals surface area contributed by atoms with Crippen LogP contribution in [0.15, 0.2) is 18.2 Å². The summed E-state index contributed by atoms with van der Waals surface area (Å²) in [7, 11) is 0. The predicted molar refractivity (Wildman–Crippen MR) is 81.8 cm³/mol. The number of hydrogen-bond acceptors (Lipinski definition) is 2. The highest BCUT2D eigenvalue weighted by molar-refractivity contribution is 5.64. The van der Waals surface area contributed by atoms with Crippen LogP contribution in [0.2, 0.25) is 0 Å². The van der Waals surface area contributed by atoms with Crippen LogP contribution in [0, 0.1) is 5.92 Å². The Bertz CT molecular complexity index is 441. The Morgan fingerprint density at radius 3 is 3.00 bits per heavy atom. The monoisotopic (exact) mass is 258 g/mol. The van der Waals surface area contributed by atoms with Crippen LogP contribution in [0.25, 0.3) is 0 Å². The number of anilines is 1. The van der Waals surface area contributed by atoms with Crippen molar-refractivity contribution in [1.29, 1.82) is 0 Å². The lowest BCUT2D eigenvalue weighted by molar-refractivity contribution is 0.454. The molecule has 1 aromatic rings. The largest absolute Gasteiger partial charge is 0.369 e. The quantitative estimate of drug-likeness (QED) is 0.766. The molecule has 0 aromatic heterocycles. The van der Waals surface area contributed by atoms with Gasteiger partial charge in [-0.15, -0.1) is 0 Å². The Morgan fingerprint density at radius 2 is 2.11 bits per heavy atom. The van der Waals surface area contributed by atoms with Crippen LogP contribution in [-0.4, -0.2) is 19.6 Å². The molecule has 1 saturated carbocycles. The number of rotatable bonds is 0. The highest BCUT2D eigenvalue weighted by atomic mass is 15.2. The summed E-state index contributed by atoms with van der Waals surface area (Å²) < 4.78 is 0. The van der Waals surface area contributed by atoms with Crippen molar-refractivity contribution in [3.63, 3.8) is 0 Å². The standard InChI is InChI=1S/C15H20N2.C2H6/c1-3-11-9-16-7-8-17-10-12-4-2-5-13(12)14(6-1)15(11)17;1-2/h1,3,6,12-13,16H,2,4-5,7-10H2;1-2H3/t12-,13-;/m0./s1. The molecule has 0 unspecified atom stereocenters. The molecule has 1 fully saturated rings. The van der Waals surface area contributed by atoms with Gasteiger partial charge in [0, 0.05) is 31.9 Å². The van der Waals surface area contributed by atoms with Crippen LogP contribution in [0.3, 0.4) is 0 Å². The summed E-state index contributed by atoms with van der Waals surface area (Å²) in [6.07, 6.45) is 4.30. The van der Waals surface area contributed by atoms with Crippen molar-refractivity contribution in [3.8, 4) is 0 Å². The van der Waals surface area contributed by atoms with Gasteiger partial charge in [-0.3, -0.25) is 0 Å². The molecule has 2 heteroatoms. The SMILES string of the molecule is CC.c1cc2c3c(c1)[C@H]1CCC[C@H]1CN3CCNC2. The first-order valence-electron chi connectivity index (χ1n) is 8.01. The van der Waals surface area contributed by atoms with Gasteiger partial charge in [0.05, 0.1) is 0 Å². The Morgan fingerprint density at radius 1 is 1.21 bits per heavy atom. The molecule has 1 aliphatic carbocycles. The minimum atomic E-state index is 0.860. The number of nitrogens with zero attached hydrogens (tertiary/aromatic N) is 1. The topological polar surface area (TPSA) is 15.3 Å². The van der Waals surface area contributed by atoms with Crippen LogP contribution < -0.4 is 10.2 Å². The number of benzene rings is 1. The maximum Gasteiger partial charge on any atom is 0.0447 e. The Kier molecular flexibility index (Phi) is 3.79. The molecule has 3 aliphatic rings. The van der Waals surface area contributed by atoms with E-state index in [1.165, 1.54) is 37.9 Å². The van der Waals surface area contributed by atoms with Gasteiger partial charge in [-0.2, -0.15) is 0 Å². The second-order valence-electron chi connectivity index (χ2n) is 5.78. The lowest BCUT2D eigenvalue weighted by Crippen LogP contribution is -2.38. The molecule has 2 atom stereocenters. The summed E-state index contributed by atoms with van der Waals surface area (Å²) in [6.45, 7) is 8.67. The smallest absolute Gasteiger partial charge is 0.0447 e. The second-order valence-corrected chi connectivity index (χ2v) is 5.78. The van der Waals surface area contributed by atoms with Crippen LogP contribution in [0.5, 0.6) is 0 Å². The lowest BCUT2D eigenvalue weighted by atomic mass is 9.82. The van der Waals surface area contributed by atoms with Crippen molar-refractivity contribution in [2.45, 2.75) is 45.6 Å². The highest BCUT2D eigenvalue weighted by Crippen LogP contribution is 2.48. The molecule has 2 nitrogen and oxygen atoms in total. The molecule has 0 radical (unpaired) electrons. The number of para-hydroxylation sites is 1. The van der Waals surface area contributed by atoms with E-state index >= 15 is 0 Å². The van der Waals surface area contributed by atoms with Crippen molar-refractivity contribution in [2.24, 2.45) is 5.92 Å². The Balaban J connectivity index is 0.000000528. The zero-order valence-electron chi connectivity index (χ0n) is 12.3. The minimum absolute atomic E-state index is 0.860. The third kappa shape index (κ3) is 2.16. The van der Waals surface area contributed by atoms with E-state index in [0.717, 1.165) is 24.9 Å². The zero-order valence-corrected chi connectivity index (χ0v) is 12.3. The summed E-state index contributed by atoms with van der Waals surface area (Å²) in [5, 5.41) is 3.55. The average Bonchev–Trinajstić information content (AvgIpc) is 2.84. The fourth-order valence-electron chi connectivity index (χ4n) is 4.12. The van der Waals surface area contributed by atoms with Gasteiger partial charge < -0.3 is 10.2 Å². The van der Waals surface area contributed by atoms with E-state index in [1.807, 2.05) is 13.8 Å². The maximum atomic E-state index is 3.55. The predicted octanol–water partition coefficient (Wildman–Crippen LogP) is 3.52. The number of nitrogens with one attached hydrogen (secondary N) is 1. The van der Waals surface area contributed by atoms with Crippen LogP contribution >= 0.6 is 0 Å². The minimum Gasteiger partial charge on any atom is -0.369 e. The Hall–Kier alpha value is -1.02. The van der Waals surface area contributed by atoms with Crippen LogP contribution in [0.1, 0.15) is 50.2 Å². The lowest BCUT2D eigenvalue weighted by Gasteiger charge is -2.38. The van der Waals surface area contributed by atoms with Gasteiger partial charge in [-0.1, -0.05) is 38.5 Å². The van der Waals surface area contributed by atoms with E-state index in [4.69, 9.17) is 0 Å². The zero-order chi connectivity index (χ0) is 13.2. The summed E-state index contributed by atoms with van der Waals surface area (Å²) in [5.41, 5.74) is 4.76. The first-order valence-corrected chi connectivity index (χ1v) is 8.01. The molecule has 0 amide bonds. The van der Waals surface area contributed by atoms with Gasteiger partial charge in [0.1, 0.15) is 0 Å². The van der Waals surface area contributed by atoms with E-state index in [0.29, 0.717) is 0 Å². The molecule has 104 valence electrons. The van der Waals surface area contributed by atoms with Gasteiger partial charge >= 0.3 is 0 Å². The van der Waals surface area contributed by atoms with Crippen LogP contribution in [0.4, 0.5) is 5.69 Å². The van der Waals surface area contributed by atoms with Crippen molar-refractivity contribution in [3.05, 3.63) is 29.3 Å². The molecular weight excluding hydrogens is 232 g/mol. The molecule has 2 heterocycles. The van der Waals surface area contributed by atoms with Gasteiger partial charge in [0.25, 0.3) is 0 Å². The maximum absolute atomic E-state index is 3.55. The van der Waals surface area contributed by atoms with E-state index in [2.05, 4.69) is 28.4 Å². The third-order valence-corrected chi connectivity index (χ3v) is 4.85. The molecule has 0 spiro atoms. The van der Waals surface area contributed by atoms with Gasteiger partial charge in [0.2, 0.25) is 0 Å². The summed E-state index contributed by atoms with van der Waals surface area (Å²) in [5.74, 6) is 1.79. The molecule has 2 aliphatic heterocycles. The molecule has 1 N–H and O–H groups in total. The average molecular weight is 258 g/mol. The second kappa shape index (κ2) is 5.54. The van der Waals surface area contributed by atoms with E-state index in [-0.39, 0.29) is 0 Å². The molecule has 0 bridgehead atoms. The molecule has 0 saturated heterocycles. The highest BCUT2D eigenvalue weighted by Gasteiger charge is 2.37. The van der Waals surface area contributed by atoms with Crippen molar-refractivity contribution in [2.75, 3.05) is 24.5 Å². The van der Waals surface area contributed by atoms with Crippen molar-refractivity contribution >= 4 is 5.69 Å². The Labute approximate surface area is 117 Å². The van der Waals surface area contributed by atoms with E-state index in [1.54, 1.807) is 11.3 Å². The molecular formula is C17H26N2. The fourth-order valence-corrected chi connectivity index (χ4v) is 4.12. The summed E-state index contributed by atoms with van der Waals surface area (Å²) >= 11 is 0. The summed E-state index contributed by atoms with van der Waals surface area (Å²) in [4.78, 5) is 2.65. The van der Waals surface area contributed by atoms with Crippen LogP contribution in [-0.2, 0) is 6.54 Å². The van der Waals surface area contributed by atoms with E-state index in [9.17, 15) is 0 Å². The van der Waals surface area contributed by atoms with Gasteiger partial charge in [-0.05, 0) is 35.8 Å². The van der Waals surface area contributed by atoms with Gasteiger partial charge in [-0.25, -0.2) is 0 Å². The van der Waals surface area contributed by atoms with E-state index < -0.39 is 0 Å². The molecule has 19 heavy (non-hydrogen) atoms. The van der Waals surface area contributed by atoms with Crippen molar-refractivity contribution < 1.29 is 0 Å². The number of hydrogen-bond donors (Lipinski definition) is 1. The molecule has 1 aromatic carbocycles. The first-order chi connectivity index (χ1) is 9.43. The molecule has 4 rings (SSSR count). The normalized spacial score (nSPS) is 27.8. The van der Waals surface area contributed by atoms with Crippen molar-refractivity contribution in [1.82, 2.24) is 5.32 Å². The fraction of sp³-hybridized carbons (Fsp3) is 0.647. The first kappa shape index (κ1) is 13.0. The summed E-state index contributed by atoms with van der Waals surface area (Å²) in [6, 6.07) is 6.96. The number of fused-ring (bicyclic) bond motifs is 2. The van der Waals surface area contributed by atoms with Gasteiger partial charge in [0.15, 0.2) is 0 Å².